The van der Waals surface area contributed by atoms with Gasteiger partial charge in [-0.15, -0.1) is 0 Å². The number of rotatable bonds is 4. The maximum atomic E-state index is 12.9. The van der Waals surface area contributed by atoms with Crippen LogP contribution in [-0.2, 0) is 16.2 Å². The van der Waals surface area contributed by atoms with Gasteiger partial charge in [0.15, 0.2) is 5.60 Å². The van der Waals surface area contributed by atoms with Gasteiger partial charge in [-0.25, -0.2) is 14.4 Å². The summed E-state index contributed by atoms with van der Waals surface area (Å²) in [6.07, 6.45) is 4.77. The molecular formula is C19H20FN5O2. The number of amides is 1. The highest BCUT2D eigenvalue weighted by molar-refractivity contribution is 6.39. The predicted molar refractivity (Wildman–Crippen MR) is 97.7 cm³/mol. The van der Waals surface area contributed by atoms with E-state index in [1.807, 2.05) is 11.8 Å². The fourth-order valence-corrected chi connectivity index (χ4v) is 3.31. The van der Waals surface area contributed by atoms with Crippen molar-refractivity contribution in [3.05, 3.63) is 53.6 Å². The number of hydrogen-bond acceptors (Lipinski definition) is 6. The third kappa shape index (κ3) is 3.74. The van der Waals surface area contributed by atoms with Crippen LogP contribution in [-0.4, -0.2) is 40.3 Å². The van der Waals surface area contributed by atoms with Crippen molar-refractivity contribution in [3.8, 4) is 0 Å². The molecule has 1 N–H and O–H groups in total. The summed E-state index contributed by atoms with van der Waals surface area (Å²) in [5, 5.41) is 6.82. The minimum absolute atomic E-state index is 0.263. The molecule has 1 atom stereocenters. The first-order valence-corrected chi connectivity index (χ1v) is 8.84. The van der Waals surface area contributed by atoms with Crippen LogP contribution in [0, 0.1) is 12.7 Å². The van der Waals surface area contributed by atoms with E-state index in [2.05, 4.69) is 20.4 Å². The Balaban J connectivity index is 1.33. The summed E-state index contributed by atoms with van der Waals surface area (Å²) in [6.45, 7) is 3.60. The van der Waals surface area contributed by atoms with Gasteiger partial charge in [0.05, 0.1) is 6.54 Å². The molecule has 1 amide bonds. The van der Waals surface area contributed by atoms with Crippen molar-refractivity contribution < 1.29 is 14.0 Å². The lowest BCUT2D eigenvalue weighted by Gasteiger charge is -2.21. The number of carbonyl (C=O) groups excluding carboxylic acids is 1. The largest absolute Gasteiger partial charge is 0.386 e. The molecule has 8 heteroatoms. The molecule has 0 saturated carbocycles. The van der Waals surface area contributed by atoms with E-state index in [1.54, 1.807) is 24.5 Å². The van der Waals surface area contributed by atoms with E-state index in [0.29, 0.717) is 31.2 Å². The highest BCUT2D eigenvalue weighted by Gasteiger charge is 2.47. The summed E-state index contributed by atoms with van der Waals surface area (Å²) in [6, 6.07) is 6.01. The zero-order valence-electron chi connectivity index (χ0n) is 15.0. The van der Waals surface area contributed by atoms with Crippen LogP contribution >= 0.6 is 0 Å². The number of aromatic nitrogens is 2. The second-order valence-electron chi connectivity index (χ2n) is 7.03. The van der Waals surface area contributed by atoms with Gasteiger partial charge < -0.3 is 15.1 Å². The second-order valence-corrected chi connectivity index (χ2v) is 7.03. The third-order valence-electron chi connectivity index (χ3n) is 4.83. The molecule has 1 aromatic heterocycles. The smallest absolute Gasteiger partial charge is 0.269 e. The number of benzene rings is 1. The normalized spacial score (nSPS) is 21.3. The molecule has 1 fully saturated rings. The highest BCUT2D eigenvalue weighted by atomic mass is 19.1. The summed E-state index contributed by atoms with van der Waals surface area (Å²) in [7, 11) is 0. The molecule has 2 aliphatic rings. The second kappa shape index (κ2) is 6.94. The van der Waals surface area contributed by atoms with Crippen LogP contribution in [0.1, 0.15) is 24.0 Å². The Morgan fingerprint density at radius 2 is 2.04 bits per heavy atom. The van der Waals surface area contributed by atoms with Crippen LogP contribution in [0.25, 0.3) is 0 Å². The zero-order valence-corrected chi connectivity index (χ0v) is 15.0. The molecule has 1 aromatic carbocycles. The van der Waals surface area contributed by atoms with Crippen molar-refractivity contribution in [3.63, 3.8) is 0 Å². The summed E-state index contributed by atoms with van der Waals surface area (Å²) in [5.74, 6) is 0.0976. The number of nitrogens with one attached hydrogen (secondary N) is 1. The number of aryl methyl sites for hydroxylation is 1. The number of hydrogen-bond donors (Lipinski definition) is 1. The lowest BCUT2D eigenvalue weighted by Crippen LogP contribution is -2.37. The Bertz CT molecular complexity index is 869. The molecular weight excluding hydrogens is 349 g/mol. The molecule has 7 nitrogen and oxygen atoms in total. The molecule has 0 bridgehead atoms. The fourth-order valence-electron chi connectivity index (χ4n) is 3.31. The summed E-state index contributed by atoms with van der Waals surface area (Å²) < 4.78 is 12.9. The van der Waals surface area contributed by atoms with Crippen molar-refractivity contribution in [2.24, 2.45) is 5.16 Å². The predicted octanol–water partition coefficient (Wildman–Crippen LogP) is 1.97. The Morgan fingerprint density at radius 3 is 2.78 bits per heavy atom. The van der Waals surface area contributed by atoms with Crippen LogP contribution in [0.15, 0.2) is 41.8 Å². The van der Waals surface area contributed by atoms with Crippen LogP contribution in [0.3, 0.4) is 0 Å². The number of halogens is 1. The molecule has 1 spiro atoms. The first kappa shape index (κ1) is 17.4. The fraction of sp³-hybridized carbons (Fsp3) is 0.368. The molecule has 0 aliphatic carbocycles. The highest BCUT2D eigenvalue weighted by Crippen LogP contribution is 2.35. The summed E-state index contributed by atoms with van der Waals surface area (Å²) in [4.78, 5) is 28.8. The average molecular weight is 369 g/mol. The third-order valence-corrected chi connectivity index (χ3v) is 4.83. The summed E-state index contributed by atoms with van der Waals surface area (Å²) >= 11 is 0. The van der Waals surface area contributed by atoms with Crippen LogP contribution in [0.4, 0.5) is 10.3 Å². The van der Waals surface area contributed by atoms with E-state index in [9.17, 15) is 9.18 Å². The van der Waals surface area contributed by atoms with Crippen molar-refractivity contribution >= 4 is 17.6 Å². The molecule has 0 radical (unpaired) electrons. The zero-order chi connectivity index (χ0) is 18.9. The molecule has 2 aromatic rings. The van der Waals surface area contributed by atoms with Crippen molar-refractivity contribution in [1.82, 2.24) is 15.3 Å². The molecule has 3 heterocycles. The Labute approximate surface area is 156 Å². The van der Waals surface area contributed by atoms with Gasteiger partial charge >= 0.3 is 0 Å². The molecule has 27 heavy (non-hydrogen) atoms. The Kier molecular flexibility index (Phi) is 4.47. The van der Waals surface area contributed by atoms with E-state index in [0.717, 1.165) is 24.1 Å². The van der Waals surface area contributed by atoms with Gasteiger partial charge in [0.25, 0.3) is 5.91 Å². The maximum absolute atomic E-state index is 12.9. The van der Waals surface area contributed by atoms with Crippen LogP contribution in [0.2, 0.25) is 0 Å². The first-order chi connectivity index (χ1) is 13.0. The van der Waals surface area contributed by atoms with E-state index in [-0.39, 0.29) is 11.7 Å². The average Bonchev–Trinajstić information content (AvgIpc) is 3.29. The molecule has 1 unspecified atom stereocenters. The minimum atomic E-state index is -0.503. The van der Waals surface area contributed by atoms with E-state index in [4.69, 9.17) is 4.84 Å². The maximum Gasteiger partial charge on any atom is 0.269 e. The lowest BCUT2D eigenvalue weighted by atomic mass is 9.96. The van der Waals surface area contributed by atoms with Crippen molar-refractivity contribution in [2.75, 3.05) is 18.0 Å². The van der Waals surface area contributed by atoms with E-state index in [1.165, 1.54) is 12.1 Å². The topological polar surface area (TPSA) is 79.7 Å². The first-order valence-electron chi connectivity index (χ1n) is 8.84. The Hall–Kier alpha value is -3.03. The van der Waals surface area contributed by atoms with Crippen LogP contribution in [0.5, 0.6) is 0 Å². The number of nitrogens with zero attached hydrogens (tertiary/aromatic N) is 4. The van der Waals surface area contributed by atoms with Crippen molar-refractivity contribution in [2.45, 2.75) is 31.9 Å². The molecule has 1 saturated heterocycles. The van der Waals surface area contributed by atoms with E-state index >= 15 is 0 Å². The van der Waals surface area contributed by atoms with Gasteiger partial charge in [0, 0.05) is 38.3 Å². The summed E-state index contributed by atoms with van der Waals surface area (Å²) in [5.41, 5.74) is 1.70. The van der Waals surface area contributed by atoms with Gasteiger partial charge in [-0.2, -0.15) is 0 Å². The van der Waals surface area contributed by atoms with Gasteiger partial charge in [0.2, 0.25) is 5.95 Å². The molecule has 4 rings (SSSR count). The lowest BCUT2D eigenvalue weighted by molar-refractivity contribution is -0.115. The number of anilines is 1. The van der Waals surface area contributed by atoms with Gasteiger partial charge in [0.1, 0.15) is 11.5 Å². The Morgan fingerprint density at radius 1 is 1.30 bits per heavy atom. The monoisotopic (exact) mass is 369 g/mol. The minimum Gasteiger partial charge on any atom is -0.386 e. The van der Waals surface area contributed by atoms with E-state index < -0.39 is 5.60 Å². The number of oxime groups is 1. The molecule has 140 valence electrons. The van der Waals surface area contributed by atoms with Crippen molar-refractivity contribution in [1.29, 1.82) is 0 Å². The standard InChI is InChI=1S/C19H20FN5O2/c1-13-9-22-18(23-10-13)25-7-6-19(12-25)8-16(24-27-19)17(26)21-11-14-2-4-15(20)5-3-14/h2-5,9-10H,6-8,11-12H2,1H3,(H,21,26). The SMILES string of the molecule is Cc1cnc(N2CCC3(CC(C(=O)NCc4ccc(F)cc4)=NO3)C2)nc1. The van der Waals surface area contributed by atoms with Gasteiger partial charge in [-0.3, -0.25) is 4.79 Å². The van der Waals surface area contributed by atoms with Crippen LogP contribution < -0.4 is 10.2 Å². The van der Waals surface area contributed by atoms with Gasteiger partial charge in [-0.05, 0) is 30.2 Å². The number of carbonyl (C=O) groups is 1. The quantitative estimate of drug-likeness (QED) is 0.891. The van der Waals surface area contributed by atoms with Gasteiger partial charge in [-0.1, -0.05) is 17.3 Å². The molecule has 2 aliphatic heterocycles.